The quantitative estimate of drug-likeness (QED) is 0.513. The summed E-state index contributed by atoms with van der Waals surface area (Å²) in [4.78, 5) is 2.31. The SMILES string of the molecule is C#Cc1ccc(OC)c(OC2CCCCC2)c1.C#Cc1ccc(OC)c(OC2CCN(C)CC2)c1. The van der Waals surface area contributed by atoms with Crippen LogP contribution in [0.3, 0.4) is 0 Å². The van der Waals surface area contributed by atoms with Gasteiger partial charge < -0.3 is 23.8 Å². The van der Waals surface area contributed by atoms with Gasteiger partial charge in [-0.1, -0.05) is 18.3 Å². The molecule has 5 nitrogen and oxygen atoms in total. The highest BCUT2D eigenvalue weighted by atomic mass is 16.5. The van der Waals surface area contributed by atoms with E-state index in [2.05, 4.69) is 23.8 Å². The zero-order chi connectivity index (χ0) is 25.0. The van der Waals surface area contributed by atoms with Crippen molar-refractivity contribution in [2.75, 3.05) is 34.4 Å². The van der Waals surface area contributed by atoms with Crippen molar-refractivity contribution in [2.45, 2.75) is 57.2 Å². The summed E-state index contributed by atoms with van der Waals surface area (Å²) < 4.78 is 22.6. The normalized spacial score (nSPS) is 16.7. The number of ether oxygens (including phenoxy) is 4. The van der Waals surface area contributed by atoms with Gasteiger partial charge in [0.1, 0.15) is 6.10 Å². The lowest BCUT2D eigenvalue weighted by atomic mass is 9.98. The summed E-state index contributed by atoms with van der Waals surface area (Å²) in [6.07, 6.45) is 19.5. The summed E-state index contributed by atoms with van der Waals surface area (Å²) in [5, 5.41) is 0. The molecule has 1 aliphatic carbocycles. The Labute approximate surface area is 210 Å². The van der Waals surface area contributed by atoms with Crippen LogP contribution in [0.5, 0.6) is 23.0 Å². The molecule has 4 rings (SSSR count). The predicted octanol–water partition coefficient (Wildman–Crippen LogP) is 5.54. The molecule has 35 heavy (non-hydrogen) atoms. The Morgan fingerprint density at radius 3 is 1.57 bits per heavy atom. The maximum Gasteiger partial charge on any atom is 0.162 e. The Morgan fingerprint density at radius 1 is 0.686 bits per heavy atom. The zero-order valence-corrected chi connectivity index (χ0v) is 21.2. The number of benzene rings is 2. The first-order valence-electron chi connectivity index (χ1n) is 12.4. The minimum atomic E-state index is 0.253. The van der Waals surface area contributed by atoms with Crippen molar-refractivity contribution in [1.82, 2.24) is 4.90 Å². The van der Waals surface area contributed by atoms with Crippen molar-refractivity contribution in [3.05, 3.63) is 47.5 Å². The van der Waals surface area contributed by atoms with Gasteiger partial charge in [-0.05, 0) is 82.0 Å². The van der Waals surface area contributed by atoms with Crippen molar-refractivity contribution >= 4 is 0 Å². The fourth-order valence-electron chi connectivity index (χ4n) is 4.36. The minimum Gasteiger partial charge on any atom is -0.493 e. The molecule has 1 aliphatic heterocycles. The third-order valence-electron chi connectivity index (χ3n) is 6.47. The molecular weight excluding hydrogens is 438 g/mol. The fourth-order valence-corrected chi connectivity index (χ4v) is 4.36. The second-order valence-electron chi connectivity index (χ2n) is 9.02. The van der Waals surface area contributed by atoms with Gasteiger partial charge in [0.05, 0.1) is 20.3 Å². The highest BCUT2D eigenvalue weighted by Crippen LogP contribution is 2.32. The van der Waals surface area contributed by atoms with E-state index in [4.69, 9.17) is 31.8 Å². The average molecular weight is 476 g/mol. The molecule has 0 aromatic heterocycles. The van der Waals surface area contributed by atoms with E-state index < -0.39 is 0 Å². The number of methoxy groups -OCH3 is 2. The van der Waals surface area contributed by atoms with Gasteiger partial charge in [-0.2, -0.15) is 0 Å². The molecule has 2 aliphatic rings. The van der Waals surface area contributed by atoms with Crippen LogP contribution >= 0.6 is 0 Å². The van der Waals surface area contributed by atoms with Gasteiger partial charge >= 0.3 is 0 Å². The molecule has 0 spiro atoms. The van der Waals surface area contributed by atoms with Crippen LogP contribution in [-0.2, 0) is 0 Å². The summed E-state index contributed by atoms with van der Waals surface area (Å²) in [5.41, 5.74) is 1.65. The van der Waals surface area contributed by atoms with Crippen molar-refractivity contribution in [3.63, 3.8) is 0 Å². The van der Waals surface area contributed by atoms with Crippen LogP contribution < -0.4 is 18.9 Å². The lowest BCUT2D eigenvalue weighted by Gasteiger charge is -2.29. The van der Waals surface area contributed by atoms with E-state index >= 15 is 0 Å². The number of piperidine rings is 1. The van der Waals surface area contributed by atoms with Crippen LogP contribution in [0.25, 0.3) is 0 Å². The van der Waals surface area contributed by atoms with Gasteiger partial charge in [0.15, 0.2) is 23.0 Å². The summed E-state index contributed by atoms with van der Waals surface area (Å²) in [6, 6.07) is 11.2. The van der Waals surface area contributed by atoms with Crippen molar-refractivity contribution in [1.29, 1.82) is 0 Å². The molecule has 1 saturated heterocycles. The van der Waals surface area contributed by atoms with E-state index in [0.717, 1.165) is 72.9 Å². The van der Waals surface area contributed by atoms with Crippen LogP contribution in [0.1, 0.15) is 56.1 Å². The predicted molar refractivity (Wildman–Crippen MR) is 141 cm³/mol. The van der Waals surface area contributed by atoms with Crippen molar-refractivity contribution in [2.24, 2.45) is 0 Å². The van der Waals surface area contributed by atoms with Crippen LogP contribution in [0.2, 0.25) is 0 Å². The van der Waals surface area contributed by atoms with Gasteiger partial charge in [-0.15, -0.1) is 12.8 Å². The number of terminal acetylenes is 2. The largest absolute Gasteiger partial charge is 0.493 e. The molecule has 186 valence electrons. The highest BCUT2D eigenvalue weighted by Gasteiger charge is 2.20. The lowest BCUT2D eigenvalue weighted by molar-refractivity contribution is 0.111. The Morgan fingerprint density at radius 2 is 1.14 bits per heavy atom. The third-order valence-corrected chi connectivity index (χ3v) is 6.47. The standard InChI is InChI=1S/C15H19NO2.C15H18O2/c1-4-12-5-6-14(17-3)15(11-12)18-13-7-9-16(2)10-8-13;1-3-12-9-10-14(16-2)15(11-12)17-13-7-5-4-6-8-13/h1,5-6,11,13H,7-10H2,2-3H3;1,9-11,13H,4-8H2,2H3. The molecule has 2 aromatic rings. The van der Waals surface area contributed by atoms with E-state index in [9.17, 15) is 0 Å². The summed E-state index contributed by atoms with van der Waals surface area (Å²) >= 11 is 0. The van der Waals surface area contributed by atoms with E-state index in [1.807, 2.05) is 36.4 Å². The monoisotopic (exact) mass is 475 g/mol. The zero-order valence-electron chi connectivity index (χ0n) is 21.2. The van der Waals surface area contributed by atoms with Crippen LogP contribution in [0.4, 0.5) is 0 Å². The summed E-state index contributed by atoms with van der Waals surface area (Å²) in [6.45, 7) is 2.14. The molecule has 2 fully saturated rings. The molecule has 0 atom stereocenters. The molecule has 5 heteroatoms. The molecule has 2 aromatic carbocycles. The van der Waals surface area contributed by atoms with Gasteiger partial charge in [-0.25, -0.2) is 0 Å². The summed E-state index contributed by atoms with van der Waals surface area (Å²) in [5.74, 6) is 8.27. The number of hydrogen-bond donors (Lipinski definition) is 0. The van der Waals surface area contributed by atoms with Gasteiger partial charge in [0.25, 0.3) is 0 Å². The van der Waals surface area contributed by atoms with E-state index in [-0.39, 0.29) is 6.10 Å². The Hall–Kier alpha value is -3.28. The first-order valence-corrected chi connectivity index (χ1v) is 12.4. The number of nitrogens with zero attached hydrogens (tertiary/aromatic N) is 1. The minimum absolute atomic E-state index is 0.253. The lowest BCUT2D eigenvalue weighted by Crippen LogP contribution is -2.35. The van der Waals surface area contributed by atoms with Crippen molar-refractivity contribution in [3.8, 4) is 47.7 Å². The smallest absolute Gasteiger partial charge is 0.162 e. The highest BCUT2D eigenvalue weighted by molar-refractivity contribution is 5.48. The van der Waals surface area contributed by atoms with Crippen molar-refractivity contribution < 1.29 is 18.9 Å². The molecule has 1 heterocycles. The first-order chi connectivity index (χ1) is 17.1. The number of likely N-dealkylation sites (tertiary alicyclic amines) is 1. The van der Waals surface area contributed by atoms with Crippen LogP contribution in [-0.4, -0.2) is 51.5 Å². The number of rotatable bonds is 6. The van der Waals surface area contributed by atoms with Gasteiger partial charge in [0, 0.05) is 24.2 Å². The average Bonchev–Trinajstić information content (AvgIpc) is 2.91. The maximum atomic E-state index is 6.02. The Bertz CT molecular complexity index is 1020. The molecule has 0 N–H and O–H groups in total. The Kier molecular flexibility index (Phi) is 10.2. The Balaban J connectivity index is 0.000000196. The third kappa shape index (κ3) is 7.88. The van der Waals surface area contributed by atoms with Crippen LogP contribution in [0, 0.1) is 24.7 Å². The molecular formula is C30H37NO4. The second-order valence-corrected chi connectivity index (χ2v) is 9.02. The fraction of sp³-hybridized carbons (Fsp3) is 0.467. The van der Waals surface area contributed by atoms with Gasteiger partial charge in [-0.3, -0.25) is 0 Å². The van der Waals surface area contributed by atoms with E-state index in [0.29, 0.717) is 6.10 Å². The molecule has 1 saturated carbocycles. The van der Waals surface area contributed by atoms with Crippen LogP contribution in [0.15, 0.2) is 36.4 Å². The molecule has 0 unspecified atom stereocenters. The van der Waals surface area contributed by atoms with Gasteiger partial charge in [0.2, 0.25) is 0 Å². The topological polar surface area (TPSA) is 40.2 Å². The second kappa shape index (κ2) is 13.6. The maximum absolute atomic E-state index is 6.02. The van der Waals surface area contributed by atoms with E-state index in [1.165, 1.54) is 19.3 Å². The molecule has 0 bridgehead atoms. The first kappa shape index (κ1) is 26.3. The number of hydrogen-bond acceptors (Lipinski definition) is 5. The molecule has 0 radical (unpaired) electrons. The molecule has 0 amide bonds. The van der Waals surface area contributed by atoms with E-state index in [1.54, 1.807) is 14.2 Å². The summed E-state index contributed by atoms with van der Waals surface area (Å²) in [7, 11) is 5.43.